The normalized spacial score (nSPS) is 19.9. The molecule has 1 amide bonds. The summed E-state index contributed by atoms with van der Waals surface area (Å²) in [6.07, 6.45) is 0. The first kappa shape index (κ1) is 14.0. The van der Waals surface area contributed by atoms with Crippen LogP contribution < -0.4 is 5.32 Å². The summed E-state index contributed by atoms with van der Waals surface area (Å²) >= 11 is 8.02. The highest BCUT2D eigenvalue weighted by Crippen LogP contribution is 2.33. The predicted molar refractivity (Wildman–Crippen MR) is 75.0 cm³/mol. The van der Waals surface area contributed by atoms with Gasteiger partial charge in [-0.2, -0.15) is 0 Å². The third-order valence-electron chi connectivity index (χ3n) is 2.68. The number of carbonyl (C=O) groups is 2. The van der Waals surface area contributed by atoms with Crippen molar-refractivity contribution in [1.29, 1.82) is 0 Å². The van der Waals surface area contributed by atoms with Gasteiger partial charge >= 0.3 is 5.97 Å². The highest BCUT2D eigenvalue weighted by molar-refractivity contribution is 9.12. The van der Waals surface area contributed by atoms with Crippen molar-refractivity contribution in [3.8, 4) is 0 Å². The van der Waals surface area contributed by atoms with Crippen LogP contribution in [0, 0.1) is 0 Å². The topological polar surface area (TPSA) is 69.6 Å². The van der Waals surface area contributed by atoms with E-state index < -0.39 is 12.0 Å². The van der Waals surface area contributed by atoms with E-state index in [4.69, 9.17) is 5.11 Å². The maximum atomic E-state index is 12.3. The van der Waals surface area contributed by atoms with Crippen molar-refractivity contribution in [1.82, 2.24) is 10.2 Å². The minimum absolute atomic E-state index is 0.252. The number of piperazine rings is 1. The summed E-state index contributed by atoms with van der Waals surface area (Å²) in [7, 11) is 0. The summed E-state index contributed by atoms with van der Waals surface area (Å²) in [4.78, 5) is 24.9. The molecule has 18 heavy (non-hydrogen) atoms. The highest BCUT2D eigenvalue weighted by Gasteiger charge is 2.33. The van der Waals surface area contributed by atoms with Gasteiger partial charge in [0.05, 0.1) is 13.1 Å². The fraction of sp³-hybridized carbons (Fsp3) is 0.400. The van der Waals surface area contributed by atoms with Crippen LogP contribution in [0.2, 0.25) is 0 Å². The summed E-state index contributed by atoms with van der Waals surface area (Å²) < 4.78 is 1.54. The van der Waals surface area contributed by atoms with Crippen molar-refractivity contribution in [3.05, 3.63) is 19.2 Å². The Morgan fingerprint density at radius 3 is 2.78 bits per heavy atom. The molecule has 8 heteroatoms. The van der Waals surface area contributed by atoms with Crippen LogP contribution in [-0.4, -0.2) is 47.6 Å². The zero-order valence-corrected chi connectivity index (χ0v) is 13.1. The Morgan fingerprint density at radius 1 is 1.50 bits per heavy atom. The first-order valence-electron chi connectivity index (χ1n) is 5.20. The van der Waals surface area contributed by atoms with Gasteiger partial charge in [0.25, 0.3) is 5.91 Å². The molecular formula is C10H10Br2N2O3S. The predicted octanol–water partition coefficient (Wildman–Crippen LogP) is 1.77. The lowest BCUT2D eigenvalue weighted by molar-refractivity contribution is -0.142. The lowest BCUT2D eigenvalue weighted by Crippen LogP contribution is -2.56. The molecule has 0 aromatic carbocycles. The number of rotatable bonds is 2. The van der Waals surface area contributed by atoms with E-state index in [1.54, 1.807) is 6.07 Å². The Balaban J connectivity index is 2.26. The summed E-state index contributed by atoms with van der Waals surface area (Å²) in [5, 5.41) is 12.1. The van der Waals surface area contributed by atoms with Gasteiger partial charge in [-0.1, -0.05) is 0 Å². The lowest BCUT2D eigenvalue weighted by atomic mass is 10.1. The average Bonchev–Trinajstić information content (AvgIpc) is 2.67. The van der Waals surface area contributed by atoms with Crippen LogP contribution in [0.3, 0.4) is 0 Å². The van der Waals surface area contributed by atoms with Gasteiger partial charge in [-0.15, -0.1) is 11.3 Å². The van der Waals surface area contributed by atoms with Gasteiger partial charge < -0.3 is 15.3 Å². The number of amides is 1. The van der Waals surface area contributed by atoms with Gasteiger partial charge in [0.15, 0.2) is 0 Å². The molecule has 1 unspecified atom stereocenters. The molecule has 1 atom stereocenters. The minimum atomic E-state index is -0.985. The summed E-state index contributed by atoms with van der Waals surface area (Å²) in [6.45, 7) is 1.29. The second kappa shape index (κ2) is 5.68. The third-order valence-corrected chi connectivity index (χ3v) is 5.02. The molecule has 1 aliphatic heterocycles. The molecule has 98 valence electrons. The molecule has 5 nitrogen and oxygen atoms in total. The number of carbonyl (C=O) groups excluding carboxylic acids is 1. The van der Waals surface area contributed by atoms with Crippen molar-refractivity contribution in [3.63, 3.8) is 0 Å². The number of carboxylic acids is 1. The van der Waals surface area contributed by atoms with E-state index in [1.807, 2.05) is 0 Å². The molecule has 1 fully saturated rings. The number of nitrogens with zero attached hydrogens (tertiary/aromatic N) is 1. The quantitative estimate of drug-likeness (QED) is 0.797. The fourth-order valence-electron chi connectivity index (χ4n) is 1.81. The van der Waals surface area contributed by atoms with E-state index in [2.05, 4.69) is 37.2 Å². The molecule has 0 saturated carbocycles. The zero-order chi connectivity index (χ0) is 13.3. The molecule has 1 aromatic rings. The van der Waals surface area contributed by atoms with Crippen LogP contribution in [0.1, 0.15) is 10.4 Å². The summed E-state index contributed by atoms with van der Waals surface area (Å²) in [6, 6.07) is 0.898. The van der Waals surface area contributed by atoms with Crippen molar-refractivity contribution >= 4 is 55.1 Å². The average molecular weight is 398 g/mol. The number of nitrogens with one attached hydrogen (secondary N) is 1. The number of carboxylic acid groups (broad SMARTS) is 1. The van der Waals surface area contributed by atoms with Gasteiger partial charge in [0.2, 0.25) is 0 Å². The maximum Gasteiger partial charge on any atom is 0.327 e. The molecule has 2 rings (SSSR count). The number of hydrogen-bond acceptors (Lipinski definition) is 4. The van der Waals surface area contributed by atoms with Crippen molar-refractivity contribution < 1.29 is 14.7 Å². The largest absolute Gasteiger partial charge is 0.480 e. The van der Waals surface area contributed by atoms with E-state index in [9.17, 15) is 9.59 Å². The van der Waals surface area contributed by atoms with Crippen LogP contribution in [-0.2, 0) is 4.79 Å². The molecule has 2 N–H and O–H groups in total. The number of halogens is 2. The maximum absolute atomic E-state index is 12.3. The molecule has 2 heterocycles. The van der Waals surface area contributed by atoms with E-state index in [0.29, 0.717) is 22.4 Å². The monoisotopic (exact) mass is 396 g/mol. The van der Waals surface area contributed by atoms with E-state index >= 15 is 0 Å². The van der Waals surface area contributed by atoms with Gasteiger partial charge in [0.1, 0.15) is 6.04 Å². The SMILES string of the molecule is O=C(O)C1CNCCN1C(=O)c1cc(Br)sc1Br. The van der Waals surface area contributed by atoms with E-state index in [0.717, 1.165) is 3.79 Å². The fourth-order valence-corrected chi connectivity index (χ4v) is 4.59. The number of aliphatic carboxylic acids is 1. The van der Waals surface area contributed by atoms with E-state index in [-0.39, 0.29) is 12.5 Å². The highest BCUT2D eigenvalue weighted by atomic mass is 79.9. The molecule has 0 bridgehead atoms. The lowest BCUT2D eigenvalue weighted by Gasteiger charge is -2.33. The first-order valence-corrected chi connectivity index (χ1v) is 7.60. The standard InChI is InChI=1S/C10H10Br2N2O3S/c11-7-3-5(8(12)18-7)9(15)14-2-1-13-4-6(14)10(16)17/h3,6,13H,1-2,4H2,(H,16,17). The van der Waals surface area contributed by atoms with Gasteiger partial charge in [-0.3, -0.25) is 4.79 Å². The van der Waals surface area contributed by atoms with Crippen LogP contribution in [0.25, 0.3) is 0 Å². The Kier molecular flexibility index (Phi) is 4.41. The molecule has 0 spiro atoms. The first-order chi connectivity index (χ1) is 8.50. The second-order valence-corrected chi connectivity index (χ2v) is 7.54. The Hall–Kier alpha value is -0.440. The number of thiophene rings is 1. The van der Waals surface area contributed by atoms with Crippen molar-refractivity contribution in [2.45, 2.75) is 6.04 Å². The van der Waals surface area contributed by atoms with Gasteiger partial charge in [-0.05, 0) is 37.9 Å². The van der Waals surface area contributed by atoms with Gasteiger partial charge in [0, 0.05) is 19.6 Å². The second-order valence-electron chi connectivity index (χ2n) is 3.79. The smallest absolute Gasteiger partial charge is 0.327 e. The van der Waals surface area contributed by atoms with Crippen molar-refractivity contribution in [2.24, 2.45) is 0 Å². The molecular weight excluding hydrogens is 388 g/mol. The summed E-state index contributed by atoms with van der Waals surface area (Å²) in [5.41, 5.74) is 0.500. The third kappa shape index (κ3) is 2.76. The van der Waals surface area contributed by atoms with E-state index in [1.165, 1.54) is 16.2 Å². The Morgan fingerprint density at radius 2 is 2.22 bits per heavy atom. The molecule has 0 aliphatic carbocycles. The minimum Gasteiger partial charge on any atom is -0.480 e. The molecule has 1 saturated heterocycles. The molecule has 1 aliphatic rings. The zero-order valence-electron chi connectivity index (χ0n) is 9.15. The Bertz CT molecular complexity index is 491. The van der Waals surface area contributed by atoms with Crippen LogP contribution in [0.15, 0.2) is 13.6 Å². The van der Waals surface area contributed by atoms with Gasteiger partial charge in [-0.25, -0.2) is 4.79 Å². The van der Waals surface area contributed by atoms with Crippen LogP contribution >= 0.6 is 43.2 Å². The Labute approximate surface area is 124 Å². The van der Waals surface area contributed by atoms with Crippen LogP contribution in [0.5, 0.6) is 0 Å². The molecule has 0 radical (unpaired) electrons. The molecule has 1 aromatic heterocycles. The summed E-state index contributed by atoms with van der Waals surface area (Å²) in [5.74, 6) is -1.24. The van der Waals surface area contributed by atoms with Crippen molar-refractivity contribution in [2.75, 3.05) is 19.6 Å². The number of hydrogen-bond donors (Lipinski definition) is 2. The van der Waals surface area contributed by atoms with Crippen LogP contribution in [0.4, 0.5) is 0 Å².